The number of hydrogen-bond acceptors (Lipinski definition) is 5. The summed E-state index contributed by atoms with van der Waals surface area (Å²) in [5, 5.41) is 3.05. The highest BCUT2D eigenvalue weighted by molar-refractivity contribution is 7.17. The fourth-order valence-electron chi connectivity index (χ4n) is 2.38. The highest BCUT2D eigenvalue weighted by Crippen LogP contribution is 2.32. The van der Waals surface area contributed by atoms with Crippen LogP contribution in [0.4, 0.5) is 5.13 Å². The predicted molar refractivity (Wildman–Crippen MR) is 74.0 cm³/mol. The Labute approximate surface area is 116 Å². The molecule has 0 bridgehead atoms. The van der Waals surface area contributed by atoms with E-state index < -0.39 is 5.41 Å². The Bertz CT molecular complexity index is 528. The number of anilines is 1. The number of carbonyl (C=O) groups is 2. The predicted octanol–water partition coefficient (Wildman–Crippen LogP) is 0.632. The Morgan fingerprint density at radius 1 is 1.53 bits per heavy atom. The van der Waals surface area contributed by atoms with E-state index in [0.29, 0.717) is 35.2 Å². The number of rotatable bonds is 2. The average molecular weight is 282 g/mol. The fraction of sp³-hybridized carbons (Fsp3) is 0.583. The van der Waals surface area contributed by atoms with Gasteiger partial charge in [0.25, 0.3) is 5.91 Å². The smallest absolute Gasteiger partial charge is 0.265 e. The summed E-state index contributed by atoms with van der Waals surface area (Å²) in [6.45, 7) is 4.67. The number of likely N-dealkylation sites (tertiary alicyclic amines) is 1. The monoisotopic (exact) mass is 282 g/mol. The van der Waals surface area contributed by atoms with Crippen LogP contribution in [-0.2, 0) is 4.79 Å². The van der Waals surface area contributed by atoms with Crippen LogP contribution in [0.5, 0.6) is 0 Å². The Hall–Kier alpha value is -1.63. The van der Waals surface area contributed by atoms with Crippen molar-refractivity contribution in [1.82, 2.24) is 15.2 Å². The van der Waals surface area contributed by atoms with Gasteiger partial charge in [0.05, 0.1) is 11.1 Å². The highest BCUT2D eigenvalue weighted by atomic mass is 32.1. The standard InChI is InChI=1S/C12H18N4O2S/c1-7-8(19-11(13)15-7)9(17)16-5-4-12(2,6-16)10(18)14-3/h4-6H2,1-3H3,(H2,13,15)(H,14,18). The lowest BCUT2D eigenvalue weighted by molar-refractivity contribution is -0.128. The first kappa shape index (κ1) is 13.8. The van der Waals surface area contributed by atoms with Gasteiger partial charge in [0.1, 0.15) is 4.88 Å². The lowest BCUT2D eigenvalue weighted by atomic mass is 9.89. The third-order valence-corrected chi connectivity index (χ3v) is 4.52. The van der Waals surface area contributed by atoms with Gasteiger partial charge in [-0.05, 0) is 20.3 Å². The molecular formula is C12H18N4O2S. The molecule has 0 saturated carbocycles. The Kier molecular flexibility index (Phi) is 3.49. The third-order valence-electron chi connectivity index (χ3n) is 3.54. The van der Waals surface area contributed by atoms with Crippen molar-refractivity contribution in [2.45, 2.75) is 20.3 Å². The van der Waals surface area contributed by atoms with E-state index in [1.54, 1.807) is 18.9 Å². The molecule has 1 aromatic rings. The number of nitrogens with zero attached hydrogens (tertiary/aromatic N) is 2. The largest absolute Gasteiger partial charge is 0.375 e. The molecule has 1 saturated heterocycles. The van der Waals surface area contributed by atoms with E-state index in [1.807, 2.05) is 6.92 Å². The van der Waals surface area contributed by atoms with Crippen LogP contribution in [0, 0.1) is 12.3 Å². The number of thiazole rings is 1. The van der Waals surface area contributed by atoms with E-state index in [4.69, 9.17) is 5.73 Å². The molecule has 2 rings (SSSR count). The zero-order valence-corrected chi connectivity index (χ0v) is 12.1. The Balaban J connectivity index is 2.15. The molecule has 19 heavy (non-hydrogen) atoms. The molecule has 3 N–H and O–H groups in total. The van der Waals surface area contributed by atoms with Crippen molar-refractivity contribution in [2.24, 2.45) is 5.41 Å². The molecule has 1 aromatic heterocycles. The highest BCUT2D eigenvalue weighted by Gasteiger charge is 2.42. The third kappa shape index (κ3) is 2.42. The van der Waals surface area contributed by atoms with Crippen LogP contribution in [0.2, 0.25) is 0 Å². The molecule has 1 atom stereocenters. The van der Waals surface area contributed by atoms with Crippen molar-refractivity contribution in [3.05, 3.63) is 10.6 Å². The van der Waals surface area contributed by atoms with E-state index in [2.05, 4.69) is 10.3 Å². The zero-order chi connectivity index (χ0) is 14.2. The number of nitrogens with one attached hydrogen (secondary N) is 1. The molecule has 6 nitrogen and oxygen atoms in total. The van der Waals surface area contributed by atoms with Gasteiger partial charge in [-0.2, -0.15) is 0 Å². The summed E-state index contributed by atoms with van der Waals surface area (Å²) in [4.78, 5) is 30.6. The number of aryl methyl sites for hydroxylation is 1. The molecular weight excluding hydrogens is 264 g/mol. The topological polar surface area (TPSA) is 88.3 Å². The summed E-state index contributed by atoms with van der Waals surface area (Å²) < 4.78 is 0. The van der Waals surface area contributed by atoms with Gasteiger partial charge in [0, 0.05) is 20.1 Å². The van der Waals surface area contributed by atoms with E-state index in [1.165, 1.54) is 11.3 Å². The van der Waals surface area contributed by atoms with Gasteiger partial charge in [-0.15, -0.1) is 0 Å². The normalized spacial score (nSPS) is 22.6. The molecule has 1 aliphatic heterocycles. The van der Waals surface area contributed by atoms with Crippen LogP contribution in [0.3, 0.4) is 0 Å². The van der Waals surface area contributed by atoms with Gasteiger partial charge in [-0.25, -0.2) is 4.98 Å². The molecule has 104 valence electrons. The second-order valence-electron chi connectivity index (χ2n) is 5.08. The summed E-state index contributed by atoms with van der Waals surface area (Å²) in [5.74, 6) is -0.109. The first-order valence-corrected chi connectivity index (χ1v) is 6.93. The second-order valence-corrected chi connectivity index (χ2v) is 6.11. The maximum Gasteiger partial charge on any atom is 0.265 e. The summed E-state index contributed by atoms with van der Waals surface area (Å²) >= 11 is 1.20. The number of nitrogen functional groups attached to an aromatic ring is 1. The molecule has 0 aromatic carbocycles. The average Bonchev–Trinajstić information content (AvgIpc) is 2.92. The van der Waals surface area contributed by atoms with Gasteiger partial charge in [0.2, 0.25) is 5.91 Å². The minimum atomic E-state index is -0.505. The Morgan fingerprint density at radius 2 is 2.21 bits per heavy atom. The number of aromatic nitrogens is 1. The number of nitrogens with two attached hydrogens (primary N) is 1. The van der Waals surface area contributed by atoms with E-state index in [-0.39, 0.29) is 11.8 Å². The van der Waals surface area contributed by atoms with Crippen molar-refractivity contribution in [3.8, 4) is 0 Å². The van der Waals surface area contributed by atoms with Crippen LogP contribution in [0.15, 0.2) is 0 Å². The van der Waals surface area contributed by atoms with Gasteiger partial charge in [0.15, 0.2) is 5.13 Å². The molecule has 2 amide bonds. The lowest BCUT2D eigenvalue weighted by Crippen LogP contribution is -2.40. The summed E-state index contributed by atoms with van der Waals surface area (Å²) in [5.41, 5.74) is 5.76. The minimum absolute atomic E-state index is 0.0247. The first-order valence-electron chi connectivity index (χ1n) is 6.12. The minimum Gasteiger partial charge on any atom is -0.375 e. The van der Waals surface area contributed by atoms with Crippen LogP contribution >= 0.6 is 11.3 Å². The van der Waals surface area contributed by atoms with Gasteiger partial charge in [-0.3, -0.25) is 9.59 Å². The lowest BCUT2D eigenvalue weighted by Gasteiger charge is -2.22. The number of carbonyl (C=O) groups excluding carboxylic acids is 2. The summed E-state index contributed by atoms with van der Waals surface area (Å²) in [6.07, 6.45) is 0.672. The van der Waals surface area contributed by atoms with E-state index in [9.17, 15) is 9.59 Å². The van der Waals surface area contributed by atoms with E-state index in [0.717, 1.165) is 0 Å². The van der Waals surface area contributed by atoms with Crippen molar-refractivity contribution >= 4 is 28.3 Å². The maximum absolute atomic E-state index is 12.4. The molecule has 2 heterocycles. The van der Waals surface area contributed by atoms with E-state index >= 15 is 0 Å². The molecule has 1 fully saturated rings. The first-order chi connectivity index (χ1) is 8.87. The molecule has 1 unspecified atom stereocenters. The number of hydrogen-bond donors (Lipinski definition) is 2. The quantitative estimate of drug-likeness (QED) is 0.833. The van der Waals surface area contributed by atoms with Gasteiger partial charge >= 0.3 is 0 Å². The van der Waals surface area contributed by atoms with Gasteiger partial charge in [-0.1, -0.05) is 11.3 Å². The summed E-state index contributed by atoms with van der Waals surface area (Å²) in [7, 11) is 1.62. The number of amides is 2. The molecule has 0 aliphatic carbocycles. The van der Waals surface area contributed by atoms with Crippen LogP contribution in [0.1, 0.15) is 28.7 Å². The van der Waals surface area contributed by atoms with Crippen molar-refractivity contribution in [1.29, 1.82) is 0 Å². The fourth-order valence-corrected chi connectivity index (χ4v) is 3.18. The molecule has 1 aliphatic rings. The Morgan fingerprint density at radius 3 is 2.74 bits per heavy atom. The van der Waals surface area contributed by atoms with Crippen LogP contribution in [-0.4, -0.2) is 41.8 Å². The zero-order valence-electron chi connectivity index (χ0n) is 11.3. The maximum atomic E-state index is 12.4. The van der Waals surface area contributed by atoms with Gasteiger partial charge < -0.3 is 16.0 Å². The molecule has 7 heteroatoms. The molecule has 0 spiro atoms. The second kappa shape index (κ2) is 4.80. The summed E-state index contributed by atoms with van der Waals surface area (Å²) in [6, 6.07) is 0. The van der Waals surface area contributed by atoms with Crippen molar-refractivity contribution in [2.75, 3.05) is 25.9 Å². The SMILES string of the molecule is CNC(=O)C1(C)CCN(C(=O)c2sc(N)nc2C)C1. The molecule has 0 radical (unpaired) electrons. The van der Waals surface area contributed by atoms with Crippen LogP contribution in [0.25, 0.3) is 0 Å². The van der Waals surface area contributed by atoms with Crippen LogP contribution < -0.4 is 11.1 Å². The van der Waals surface area contributed by atoms with Crippen molar-refractivity contribution in [3.63, 3.8) is 0 Å². The van der Waals surface area contributed by atoms with Crippen molar-refractivity contribution < 1.29 is 9.59 Å².